The monoisotopic (exact) mass is 263 g/mol. The third-order valence-corrected chi connectivity index (χ3v) is 5.12. The molecule has 1 heterocycles. The first-order chi connectivity index (χ1) is 8.11. The minimum atomic E-state index is -2.50. The SMILES string of the molecule is CCO[Si](C)(OCC)OC(C)C1CNCCO1. The Morgan fingerprint density at radius 3 is 2.47 bits per heavy atom. The molecule has 0 aromatic rings. The van der Waals surface area contributed by atoms with Crippen molar-refractivity contribution in [1.29, 1.82) is 0 Å². The van der Waals surface area contributed by atoms with Crippen LogP contribution in [0.25, 0.3) is 0 Å². The molecule has 2 unspecified atom stereocenters. The van der Waals surface area contributed by atoms with E-state index in [0.717, 1.165) is 19.7 Å². The molecule has 1 aliphatic heterocycles. The Kier molecular flexibility index (Phi) is 6.61. The Morgan fingerprint density at radius 2 is 2.00 bits per heavy atom. The van der Waals surface area contributed by atoms with Gasteiger partial charge in [0.05, 0.1) is 18.8 Å². The molecule has 0 aromatic heterocycles. The molecule has 0 aromatic carbocycles. The van der Waals surface area contributed by atoms with Crippen LogP contribution in [0.2, 0.25) is 6.55 Å². The van der Waals surface area contributed by atoms with E-state index in [4.69, 9.17) is 18.0 Å². The molecule has 0 saturated carbocycles. The smallest absolute Gasteiger partial charge is 0.374 e. The van der Waals surface area contributed by atoms with Crippen LogP contribution >= 0.6 is 0 Å². The lowest BCUT2D eigenvalue weighted by Crippen LogP contribution is -2.52. The highest BCUT2D eigenvalue weighted by Gasteiger charge is 2.38. The quantitative estimate of drug-likeness (QED) is 0.695. The van der Waals surface area contributed by atoms with E-state index in [2.05, 4.69) is 5.32 Å². The Bertz CT molecular complexity index is 206. The Morgan fingerprint density at radius 1 is 1.35 bits per heavy atom. The first kappa shape index (κ1) is 15.1. The van der Waals surface area contributed by atoms with Crippen LogP contribution in [-0.4, -0.2) is 53.9 Å². The van der Waals surface area contributed by atoms with Crippen LogP contribution in [0.15, 0.2) is 0 Å². The molecule has 0 radical (unpaired) electrons. The largest absolute Gasteiger partial charge is 0.497 e. The van der Waals surface area contributed by atoms with E-state index in [1.165, 1.54) is 0 Å². The minimum absolute atomic E-state index is 0.0161. The van der Waals surface area contributed by atoms with Gasteiger partial charge in [0.15, 0.2) is 0 Å². The summed E-state index contributed by atoms with van der Waals surface area (Å²) in [5, 5.41) is 3.29. The summed E-state index contributed by atoms with van der Waals surface area (Å²) in [6.45, 7) is 11.6. The van der Waals surface area contributed by atoms with E-state index in [9.17, 15) is 0 Å². The van der Waals surface area contributed by atoms with Crippen LogP contribution in [0.1, 0.15) is 20.8 Å². The summed E-state index contributed by atoms with van der Waals surface area (Å²) < 4.78 is 23.0. The summed E-state index contributed by atoms with van der Waals surface area (Å²) in [5.74, 6) is 0. The second-order valence-corrected chi connectivity index (χ2v) is 6.70. The van der Waals surface area contributed by atoms with Gasteiger partial charge in [0, 0.05) is 32.9 Å². The van der Waals surface area contributed by atoms with Crippen molar-refractivity contribution in [2.45, 2.75) is 39.5 Å². The van der Waals surface area contributed by atoms with E-state index < -0.39 is 8.80 Å². The summed E-state index contributed by atoms with van der Waals surface area (Å²) in [4.78, 5) is 0. The van der Waals surface area contributed by atoms with Crippen molar-refractivity contribution in [3.8, 4) is 0 Å². The molecule has 1 aliphatic rings. The Balaban J connectivity index is 2.46. The molecule has 1 rings (SSSR count). The lowest BCUT2D eigenvalue weighted by molar-refractivity contribution is -0.0628. The standard InChI is InChI=1S/C11H25NO4Si/c1-5-14-17(4,15-6-2)16-10(3)11-9-12-7-8-13-11/h10-12H,5-9H2,1-4H3. The third kappa shape index (κ3) is 5.03. The molecule has 6 heteroatoms. The van der Waals surface area contributed by atoms with Crippen molar-refractivity contribution in [2.75, 3.05) is 32.9 Å². The zero-order valence-corrected chi connectivity index (χ0v) is 12.3. The number of rotatable bonds is 7. The fourth-order valence-electron chi connectivity index (χ4n) is 1.93. The van der Waals surface area contributed by atoms with E-state index in [-0.39, 0.29) is 12.2 Å². The fourth-order valence-corrected chi connectivity index (χ4v) is 4.03. The van der Waals surface area contributed by atoms with Gasteiger partial charge in [-0.3, -0.25) is 0 Å². The van der Waals surface area contributed by atoms with Gasteiger partial charge in [0.25, 0.3) is 0 Å². The molecule has 0 aliphatic carbocycles. The van der Waals surface area contributed by atoms with Crippen molar-refractivity contribution in [3.05, 3.63) is 0 Å². The van der Waals surface area contributed by atoms with Gasteiger partial charge >= 0.3 is 8.80 Å². The van der Waals surface area contributed by atoms with Crippen molar-refractivity contribution in [1.82, 2.24) is 5.32 Å². The van der Waals surface area contributed by atoms with Gasteiger partial charge < -0.3 is 23.3 Å². The minimum Gasteiger partial charge on any atom is -0.374 e. The lowest BCUT2D eigenvalue weighted by atomic mass is 10.2. The van der Waals surface area contributed by atoms with Crippen LogP contribution < -0.4 is 5.32 Å². The number of hydrogen-bond acceptors (Lipinski definition) is 5. The average Bonchev–Trinajstić information content (AvgIpc) is 2.30. The first-order valence-electron chi connectivity index (χ1n) is 6.39. The van der Waals surface area contributed by atoms with Gasteiger partial charge in [-0.25, -0.2) is 0 Å². The van der Waals surface area contributed by atoms with Crippen LogP contribution in [0.3, 0.4) is 0 Å². The van der Waals surface area contributed by atoms with Crippen LogP contribution in [-0.2, 0) is 18.0 Å². The average molecular weight is 263 g/mol. The van der Waals surface area contributed by atoms with Gasteiger partial charge in [-0.1, -0.05) is 0 Å². The van der Waals surface area contributed by atoms with Gasteiger partial charge in [0.1, 0.15) is 0 Å². The van der Waals surface area contributed by atoms with Gasteiger partial charge in [-0.15, -0.1) is 0 Å². The van der Waals surface area contributed by atoms with E-state index in [0.29, 0.717) is 13.2 Å². The highest BCUT2D eigenvalue weighted by Crippen LogP contribution is 2.16. The second-order valence-electron chi connectivity index (χ2n) is 4.16. The highest BCUT2D eigenvalue weighted by atomic mass is 28.4. The normalized spacial score (nSPS) is 23.6. The van der Waals surface area contributed by atoms with E-state index in [1.54, 1.807) is 0 Å². The molecular weight excluding hydrogens is 238 g/mol. The van der Waals surface area contributed by atoms with Crippen molar-refractivity contribution < 1.29 is 18.0 Å². The maximum Gasteiger partial charge on any atom is 0.497 e. The molecule has 1 fully saturated rings. The third-order valence-electron chi connectivity index (χ3n) is 2.69. The summed E-state index contributed by atoms with van der Waals surface area (Å²) in [5.41, 5.74) is 0. The van der Waals surface area contributed by atoms with Crippen molar-refractivity contribution >= 4 is 8.80 Å². The second kappa shape index (κ2) is 7.45. The van der Waals surface area contributed by atoms with Crippen LogP contribution in [0.5, 0.6) is 0 Å². The van der Waals surface area contributed by atoms with Crippen molar-refractivity contribution in [2.24, 2.45) is 0 Å². The molecule has 0 spiro atoms. The maximum absolute atomic E-state index is 5.99. The number of morpholine rings is 1. The molecule has 2 atom stereocenters. The Labute approximate surface area is 105 Å². The predicted octanol–water partition coefficient (Wildman–Crippen LogP) is 1.02. The summed E-state index contributed by atoms with van der Waals surface area (Å²) in [6.07, 6.45) is 0.0639. The number of nitrogens with one attached hydrogen (secondary N) is 1. The molecule has 1 N–H and O–H groups in total. The topological polar surface area (TPSA) is 49.0 Å². The summed E-state index contributed by atoms with van der Waals surface area (Å²) in [6, 6.07) is 0. The molecule has 0 amide bonds. The lowest BCUT2D eigenvalue weighted by Gasteiger charge is -2.34. The molecular formula is C11H25NO4Si. The molecule has 102 valence electrons. The highest BCUT2D eigenvalue weighted by molar-refractivity contribution is 6.59. The van der Waals surface area contributed by atoms with Gasteiger partial charge in [0.2, 0.25) is 0 Å². The summed E-state index contributed by atoms with van der Waals surface area (Å²) >= 11 is 0. The molecule has 5 nitrogen and oxygen atoms in total. The first-order valence-corrected chi connectivity index (χ1v) is 8.61. The molecule has 0 bridgehead atoms. The number of hydrogen-bond donors (Lipinski definition) is 1. The van der Waals surface area contributed by atoms with E-state index >= 15 is 0 Å². The zero-order chi connectivity index (χ0) is 12.7. The van der Waals surface area contributed by atoms with Crippen LogP contribution in [0, 0.1) is 0 Å². The molecule has 17 heavy (non-hydrogen) atoms. The van der Waals surface area contributed by atoms with Crippen LogP contribution in [0.4, 0.5) is 0 Å². The fraction of sp³-hybridized carbons (Fsp3) is 1.00. The van der Waals surface area contributed by atoms with E-state index in [1.807, 2.05) is 27.3 Å². The summed E-state index contributed by atoms with van der Waals surface area (Å²) in [7, 11) is -2.50. The number of ether oxygens (including phenoxy) is 1. The van der Waals surface area contributed by atoms with Gasteiger partial charge in [-0.05, 0) is 20.8 Å². The van der Waals surface area contributed by atoms with Crippen molar-refractivity contribution in [3.63, 3.8) is 0 Å². The Hall–Kier alpha value is 0.0169. The zero-order valence-electron chi connectivity index (χ0n) is 11.3. The predicted molar refractivity (Wildman–Crippen MR) is 68.0 cm³/mol. The molecule has 1 saturated heterocycles. The van der Waals surface area contributed by atoms with Gasteiger partial charge in [-0.2, -0.15) is 0 Å². The maximum atomic E-state index is 5.99.